The number of nitrogens with zero attached hydrogens (tertiary/aromatic N) is 1. The highest BCUT2D eigenvalue weighted by atomic mass is 127. The Morgan fingerprint density at radius 2 is 1.79 bits per heavy atom. The lowest BCUT2D eigenvalue weighted by Crippen LogP contribution is -2.27. The van der Waals surface area contributed by atoms with Crippen molar-refractivity contribution in [2.24, 2.45) is 0 Å². The lowest BCUT2D eigenvalue weighted by molar-refractivity contribution is -0.123. The molecule has 0 aromatic heterocycles. The average molecular weight is 697 g/mol. The molecule has 0 radical (unpaired) electrons. The second-order valence-electron chi connectivity index (χ2n) is 8.44. The Balaban J connectivity index is 1.51. The first-order valence-electron chi connectivity index (χ1n) is 11.8. The number of carbonyl (C=O) groups is 3. The Bertz CT molecular complexity index is 1460. The Morgan fingerprint density at radius 3 is 2.49 bits per heavy atom. The summed E-state index contributed by atoms with van der Waals surface area (Å²) in [4.78, 5) is 39.6. The third-order valence-corrected chi connectivity index (χ3v) is 7.95. The minimum Gasteiger partial charge on any atom is -0.490 e. The van der Waals surface area contributed by atoms with E-state index in [1.165, 1.54) is 0 Å². The molecule has 11 heteroatoms. The molecule has 0 atom stereocenters. The van der Waals surface area contributed by atoms with E-state index >= 15 is 0 Å². The number of amides is 3. The first kappa shape index (κ1) is 29.3. The molecule has 3 amide bonds. The smallest absolute Gasteiger partial charge is 0.293 e. The Morgan fingerprint density at radius 1 is 1.08 bits per heavy atom. The van der Waals surface area contributed by atoms with Crippen LogP contribution in [0.5, 0.6) is 11.5 Å². The minimum absolute atomic E-state index is 0.0281. The fourth-order valence-corrected chi connectivity index (χ4v) is 5.90. The zero-order valence-electron chi connectivity index (χ0n) is 20.9. The minimum atomic E-state index is -0.442. The Hall–Kier alpha value is -2.73. The lowest BCUT2D eigenvalue weighted by Gasteiger charge is -2.15. The van der Waals surface area contributed by atoms with Gasteiger partial charge in [-0.3, -0.25) is 19.3 Å². The van der Waals surface area contributed by atoms with E-state index in [4.69, 9.17) is 32.7 Å². The number of hydrogen-bond donors (Lipinski definition) is 1. The van der Waals surface area contributed by atoms with Crippen molar-refractivity contribution >= 4 is 86.4 Å². The van der Waals surface area contributed by atoms with Crippen LogP contribution in [-0.2, 0) is 16.1 Å². The summed E-state index contributed by atoms with van der Waals surface area (Å²) in [5, 5.41) is 3.15. The SMILES string of the molecule is CCOc1cc(/C=C2\SC(=O)N(Cc3c(Cl)cccc3Cl)C2=O)cc(I)c1OCC(=O)Nc1cccc(C)c1. The molecule has 4 rings (SSSR count). The van der Waals surface area contributed by atoms with Crippen LogP contribution in [-0.4, -0.2) is 35.2 Å². The fraction of sp³-hybridized carbons (Fsp3) is 0.179. The number of imide groups is 1. The zero-order valence-corrected chi connectivity index (χ0v) is 25.4. The quantitative estimate of drug-likeness (QED) is 0.184. The molecule has 3 aromatic rings. The number of benzene rings is 3. The Labute approximate surface area is 254 Å². The van der Waals surface area contributed by atoms with Gasteiger partial charge < -0.3 is 14.8 Å². The van der Waals surface area contributed by atoms with Crippen LogP contribution < -0.4 is 14.8 Å². The second-order valence-corrected chi connectivity index (χ2v) is 11.4. The van der Waals surface area contributed by atoms with Crippen LogP contribution in [0.2, 0.25) is 10.0 Å². The van der Waals surface area contributed by atoms with E-state index in [0.29, 0.717) is 48.5 Å². The number of rotatable bonds is 9. The summed E-state index contributed by atoms with van der Waals surface area (Å²) >= 11 is 15.4. The van der Waals surface area contributed by atoms with Gasteiger partial charge in [0, 0.05) is 21.3 Å². The number of carbonyl (C=O) groups excluding carboxylic acids is 3. The number of ether oxygens (including phenoxy) is 2. The van der Waals surface area contributed by atoms with Crippen molar-refractivity contribution in [1.82, 2.24) is 4.90 Å². The van der Waals surface area contributed by atoms with E-state index in [1.807, 2.05) is 32.0 Å². The third-order valence-electron chi connectivity index (χ3n) is 5.53. The summed E-state index contributed by atoms with van der Waals surface area (Å²) in [5.41, 5.74) is 2.86. The first-order chi connectivity index (χ1) is 18.7. The molecule has 1 saturated heterocycles. The molecule has 0 saturated carbocycles. The molecular weight excluding hydrogens is 674 g/mol. The Kier molecular flexibility index (Phi) is 9.81. The molecule has 3 aromatic carbocycles. The standard InChI is InChI=1S/C28H23Cl2IN2O5S/c1-3-37-23-12-17(11-22(31)26(23)38-15-25(34)32-18-7-4-6-16(2)10-18)13-24-27(35)33(28(36)39-24)14-19-20(29)8-5-9-21(19)30/h4-13H,3,14-15H2,1-2H3,(H,32,34)/b24-13-. The predicted molar refractivity (Wildman–Crippen MR) is 164 cm³/mol. The number of hydrogen-bond acceptors (Lipinski definition) is 6. The van der Waals surface area contributed by atoms with E-state index in [-0.39, 0.29) is 24.0 Å². The van der Waals surface area contributed by atoms with Crippen molar-refractivity contribution in [3.05, 3.63) is 89.8 Å². The average Bonchev–Trinajstić information content (AvgIpc) is 3.13. The fourth-order valence-electron chi connectivity index (χ4n) is 3.76. The van der Waals surface area contributed by atoms with E-state index < -0.39 is 11.1 Å². The van der Waals surface area contributed by atoms with E-state index in [0.717, 1.165) is 22.2 Å². The van der Waals surface area contributed by atoms with Gasteiger partial charge in [-0.15, -0.1) is 0 Å². The first-order valence-corrected chi connectivity index (χ1v) is 14.4. The van der Waals surface area contributed by atoms with Crippen molar-refractivity contribution in [2.75, 3.05) is 18.5 Å². The van der Waals surface area contributed by atoms with Gasteiger partial charge in [0.05, 0.1) is 21.6 Å². The predicted octanol–water partition coefficient (Wildman–Crippen LogP) is 7.56. The molecule has 0 bridgehead atoms. The highest BCUT2D eigenvalue weighted by molar-refractivity contribution is 14.1. The van der Waals surface area contributed by atoms with Gasteiger partial charge in [0.2, 0.25) is 0 Å². The van der Waals surface area contributed by atoms with Crippen LogP contribution in [0, 0.1) is 10.5 Å². The molecule has 1 aliphatic heterocycles. The second kappa shape index (κ2) is 13.1. The molecule has 7 nitrogen and oxygen atoms in total. The number of aryl methyl sites for hydroxylation is 1. The lowest BCUT2D eigenvalue weighted by atomic mass is 10.1. The van der Waals surface area contributed by atoms with E-state index in [1.54, 1.807) is 42.5 Å². The van der Waals surface area contributed by atoms with Crippen LogP contribution in [0.15, 0.2) is 59.5 Å². The van der Waals surface area contributed by atoms with Gasteiger partial charge in [-0.05, 0) is 102 Å². The van der Waals surface area contributed by atoms with E-state index in [2.05, 4.69) is 27.9 Å². The van der Waals surface area contributed by atoms with Gasteiger partial charge in [0.1, 0.15) is 0 Å². The highest BCUT2D eigenvalue weighted by Gasteiger charge is 2.36. The molecule has 0 unspecified atom stereocenters. The summed E-state index contributed by atoms with van der Waals surface area (Å²) in [5.74, 6) is 0.0777. The normalized spacial score (nSPS) is 14.2. The van der Waals surface area contributed by atoms with Crippen LogP contribution in [0.4, 0.5) is 10.5 Å². The monoisotopic (exact) mass is 696 g/mol. The van der Waals surface area contributed by atoms with Crippen molar-refractivity contribution in [3.8, 4) is 11.5 Å². The van der Waals surface area contributed by atoms with Crippen LogP contribution in [0.1, 0.15) is 23.6 Å². The molecule has 1 heterocycles. The number of anilines is 1. The number of nitrogens with one attached hydrogen (secondary N) is 1. The summed E-state index contributed by atoms with van der Waals surface area (Å²) < 4.78 is 12.3. The zero-order chi connectivity index (χ0) is 28.1. The van der Waals surface area contributed by atoms with Gasteiger partial charge in [-0.2, -0.15) is 0 Å². The van der Waals surface area contributed by atoms with Crippen molar-refractivity contribution in [2.45, 2.75) is 20.4 Å². The van der Waals surface area contributed by atoms with Crippen molar-refractivity contribution in [1.29, 1.82) is 0 Å². The number of halogens is 3. The molecule has 0 aliphatic carbocycles. The third kappa shape index (κ3) is 7.27. The highest BCUT2D eigenvalue weighted by Crippen LogP contribution is 2.38. The van der Waals surface area contributed by atoms with Gasteiger partial charge in [0.25, 0.3) is 17.1 Å². The van der Waals surface area contributed by atoms with E-state index in [9.17, 15) is 14.4 Å². The molecule has 39 heavy (non-hydrogen) atoms. The maximum absolute atomic E-state index is 13.1. The molecule has 202 valence electrons. The maximum Gasteiger partial charge on any atom is 0.293 e. The summed E-state index contributed by atoms with van der Waals surface area (Å²) in [6.07, 6.45) is 1.62. The molecular formula is C28H23Cl2IN2O5S. The van der Waals surface area contributed by atoms with Crippen LogP contribution in [0.25, 0.3) is 6.08 Å². The largest absolute Gasteiger partial charge is 0.490 e. The van der Waals surface area contributed by atoms with Gasteiger partial charge in [-0.1, -0.05) is 41.4 Å². The van der Waals surface area contributed by atoms with Gasteiger partial charge in [0.15, 0.2) is 18.1 Å². The summed E-state index contributed by atoms with van der Waals surface area (Å²) in [6.45, 7) is 3.89. The van der Waals surface area contributed by atoms with Gasteiger partial charge in [-0.25, -0.2) is 0 Å². The van der Waals surface area contributed by atoms with Crippen molar-refractivity contribution < 1.29 is 23.9 Å². The topological polar surface area (TPSA) is 84.9 Å². The maximum atomic E-state index is 13.1. The molecule has 0 spiro atoms. The van der Waals surface area contributed by atoms with Crippen LogP contribution in [0.3, 0.4) is 0 Å². The number of thioether (sulfide) groups is 1. The van der Waals surface area contributed by atoms with Crippen molar-refractivity contribution in [3.63, 3.8) is 0 Å². The molecule has 1 fully saturated rings. The molecule has 1 aliphatic rings. The van der Waals surface area contributed by atoms with Gasteiger partial charge >= 0.3 is 0 Å². The summed E-state index contributed by atoms with van der Waals surface area (Å²) in [6, 6.07) is 16.0. The van der Waals surface area contributed by atoms with Crippen LogP contribution >= 0.6 is 57.6 Å². The molecule has 1 N–H and O–H groups in total. The summed E-state index contributed by atoms with van der Waals surface area (Å²) in [7, 11) is 0.